The lowest BCUT2D eigenvalue weighted by molar-refractivity contribution is 0.529. The molecular weight excluding hydrogens is 249 g/mol. The van der Waals surface area contributed by atoms with E-state index in [1.165, 1.54) is 23.6 Å². The summed E-state index contributed by atoms with van der Waals surface area (Å²) < 4.78 is 13.3. The van der Waals surface area contributed by atoms with Gasteiger partial charge in [0.1, 0.15) is 5.82 Å². The van der Waals surface area contributed by atoms with E-state index in [1.54, 1.807) is 12.1 Å². The zero-order chi connectivity index (χ0) is 13.9. The van der Waals surface area contributed by atoms with E-state index in [4.69, 9.17) is 0 Å². The standard InChI is InChI=1S/C18H20FN/c1-2-10-20-18-9-7-15-11-14(6-8-17(15)18)13-4-3-5-16(19)12-13/h3-6,8,11-12,18,20H,2,7,9-10H2,1H3. The van der Waals surface area contributed by atoms with Crippen molar-refractivity contribution >= 4 is 0 Å². The molecule has 20 heavy (non-hydrogen) atoms. The maximum atomic E-state index is 13.3. The Morgan fingerprint density at radius 3 is 2.80 bits per heavy atom. The summed E-state index contributed by atoms with van der Waals surface area (Å²) in [5.41, 5.74) is 4.89. The van der Waals surface area contributed by atoms with Gasteiger partial charge in [0.25, 0.3) is 0 Å². The van der Waals surface area contributed by atoms with Crippen molar-refractivity contribution in [2.75, 3.05) is 6.54 Å². The molecule has 1 N–H and O–H groups in total. The monoisotopic (exact) mass is 269 g/mol. The second-order valence-electron chi connectivity index (χ2n) is 5.47. The van der Waals surface area contributed by atoms with Crippen LogP contribution >= 0.6 is 0 Å². The van der Waals surface area contributed by atoms with Crippen molar-refractivity contribution in [3.05, 3.63) is 59.4 Å². The van der Waals surface area contributed by atoms with Gasteiger partial charge in [-0.2, -0.15) is 0 Å². The highest BCUT2D eigenvalue weighted by Crippen LogP contribution is 2.34. The van der Waals surface area contributed by atoms with E-state index in [9.17, 15) is 4.39 Å². The molecule has 0 saturated carbocycles. The maximum Gasteiger partial charge on any atom is 0.123 e. The third kappa shape index (κ3) is 2.61. The molecule has 2 aromatic rings. The van der Waals surface area contributed by atoms with Crippen LogP contribution in [-0.4, -0.2) is 6.54 Å². The highest BCUT2D eigenvalue weighted by molar-refractivity contribution is 5.65. The zero-order valence-electron chi connectivity index (χ0n) is 11.8. The fourth-order valence-electron chi connectivity index (χ4n) is 3.00. The molecule has 0 aliphatic heterocycles. The molecule has 0 fully saturated rings. The first-order valence-corrected chi connectivity index (χ1v) is 7.40. The lowest BCUT2D eigenvalue weighted by atomic mass is 9.99. The van der Waals surface area contributed by atoms with E-state index in [-0.39, 0.29) is 5.82 Å². The molecule has 0 bridgehead atoms. The molecule has 0 spiro atoms. The fourth-order valence-corrected chi connectivity index (χ4v) is 3.00. The van der Waals surface area contributed by atoms with Crippen LogP contribution in [0.4, 0.5) is 4.39 Å². The van der Waals surface area contributed by atoms with Crippen LogP contribution in [0.1, 0.15) is 36.9 Å². The van der Waals surface area contributed by atoms with E-state index >= 15 is 0 Å². The van der Waals surface area contributed by atoms with Gasteiger partial charge in [-0.25, -0.2) is 4.39 Å². The molecule has 2 heteroatoms. The van der Waals surface area contributed by atoms with Crippen molar-refractivity contribution in [2.24, 2.45) is 0 Å². The van der Waals surface area contributed by atoms with Crippen LogP contribution in [0, 0.1) is 5.82 Å². The van der Waals surface area contributed by atoms with Crippen LogP contribution in [-0.2, 0) is 6.42 Å². The Morgan fingerprint density at radius 1 is 1.15 bits per heavy atom. The van der Waals surface area contributed by atoms with Crippen LogP contribution < -0.4 is 5.32 Å². The van der Waals surface area contributed by atoms with Crippen LogP contribution in [0.2, 0.25) is 0 Å². The minimum Gasteiger partial charge on any atom is -0.310 e. The van der Waals surface area contributed by atoms with Gasteiger partial charge in [0.15, 0.2) is 0 Å². The molecule has 1 aliphatic rings. The number of rotatable bonds is 4. The molecule has 0 heterocycles. The zero-order valence-corrected chi connectivity index (χ0v) is 11.8. The SMILES string of the molecule is CCCNC1CCc2cc(-c3cccc(F)c3)ccc21. The minimum atomic E-state index is -0.175. The third-order valence-corrected chi connectivity index (χ3v) is 4.02. The van der Waals surface area contributed by atoms with Crippen molar-refractivity contribution < 1.29 is 4.39 Å². The Hall–Kier alpha value is -1.67. The second kappa shape index (κ2) is 5.76. The minimum absolute atomic E-state index is 0.175. The molecule has 1 atom stereocenters. The first-order valence-electron chi connectivity index (χ1n) is 7.40. The van der Waals surface area contributed by atoms with Crippen molar-refractivity contribution in [3.63, 3.8) is 0 Å². The Bertz CT molecular complexity index is 606. The second-order valence-corrected chi connectivity index (χ2v) is 5.47. The predicted molar refractivity (Wildman–Crippen MR) is 81.2 cm³/mol. The van der Waals surface area contributed by atoms with E-state index in [1.807, 2.05) is 6.07 Å². The number of nitrogens with one attached hydrogen (secondary N) is 1. The van der Waals surface area contributed by atoms with Crippen molar-refractivity contribution in [1.29, 1.82) is 0 Å². The van der Waals surface area contributed by atoms with E-state index in [2.05, 4.69) is 30.4 Å². The van der Waals surface area contributed by atoms with E-state index in [0.29, 0.717) is 6.04 Å². The third-order valence-electron chi connectivity index (χ3n) is 4.02. The predicted octanol–water partition coefficient (Wildman–Crippen LogP) is 4.48. The Balaban J connectivity index is 1.87. The van der Waals surface area contributed by atoms with Gasteiger partial charge in [-0.1, -0.05) is 37.3 Å². The molecule has 1 aliphatic carbocycles. The molecule has 0 radical (unpaired) electrons. The van der Waals surface area contributed by atoms with E-state index in [0.717, 1.165) is 30.5 Å². The number of hydrogen-bond acceptors (Lipinski definition) is 1. The number of halogens is 1. The number of benzene rings is 2. The van der Waals surface area contributed by atoms with Gasteiger partial charge in [-0.15, -0.1) is 0 Å². The van der Waals surface area contributed by atoms with E-state index < -0.39 is 0 Å². The van der Waals surface area contributed by atoms with Crippen LogP contribution in [0.15, 0.2) is 42.5 Å². The summed E-state index contributed by atoms with van der Waals surface area (Å²) >= 11 is 0. The largest absolute Gasteiger partial charge is 0.310 e. The molecule has 3 rings (SSSR count). The number of aryl methyl sites for hydroxylation is 1. The number of hydrogen-bond donors (Lipinski definition) is 1. The number of fused-ring (bicyclic) bond motifs is 1. The van der Waals surface area contributed by atoms with Gasteiger partial charge in [0, 0.05) is 6.04 Å². The van der Waals surface area contributed by atoms with Crippen LogP contribution in [0.25, 0.3) is 11.1 Å². The molecule has 0 saturated heterocycles. The molecule has 1 unspecified atom stereocenters. The lowest BCUT2D eigenvalue weighted by Gasteiger charge is -2.13. The van der Waals surface area contributed by atoms with Crippen molar-refractivity contribution in [2.45, 2.75) is 32.2 Å². The summed E-state index contributed by atoms with van der Waals surface area (Å²) in [7, 11) is 0. The Labute approximate surface area is 119 Å². The normalized spacial score (nSPS) is 17.2. The highest BCUT2D eigenvalue weighted by atomic mass is 19.1. The first-order chi connectivity index (χ1) is 9.78. The molecule has 104 valence electrons. The Morgan fingerprint density at radius 2 is 2.00 bits per heavy atom. The Kier molecular flexibility index (Phi) is 3.83. The van der Waals surface area contributed by atoms with Crippen LogP contribution in [0.5, 0.6) is 0 Å². The highest BCUT2D eigenvalue weighted by Gasteiger charge is 2.21. The molecule has 2 aromatic carbocycles. The summed E-state index contributed by atoms with van der Waals surface area (Å²) in [6.45, 7) is 3.26. The summed E-state index contributed by atoms with van der Waals surface area (Å²) in [5, 5.41) is 3.60. The molecule has 0 amide bonds. The molecular formula is C18H20FN. The summed E-state index contributed by atoms with van der Waals surface area (Å²) in [5.74, 6) is -0.175. The average Bonchev–Trinajstić information content (AvgIpc) is 2.87. The van der Waals surface area contributed by atoms with Crippen molar-refractivity contribution in [1.82, 2.24) is 5.32 Å². The smallest absolute Gasteiger partial charge is 0.123 e. The first kappa shape index (κ1) is 13.3. The van der Waals surface area contributed by atoms with Gasteiger partial charge >= 0.3 is 0 Å². The van der Waals surface area contributed by atoms with Crippen molar-refractivity contribution in [3.8, 4) is 11.1 Å². The lowest BCUT2D eigenvalue weighted by Crippen LogP contribution is -2.19. The maximum absolute atomic E-state index is 13.3. The van der Waals surface area contributed by atoms with Gasteiger partial charge in [-0.05, 0) is 60.2 Å². The summed E-state index contributed by atoms with van der Waals surface area (Å²) in [4.78, 5) is 0. The van der Waals surface area contributed by atoms with Gasteiger partial charge < -0.3 is 5.32 Å². The molecule has 0 aromatic heterocycles. The van der Waals surface area contributed by atoms with Crippen LogP contribution in [0.3, 0.4) is 0 Å². The molecule has 1 nitrogen and oxygen atoms in total. The average molecular weight is 269 g/mol. The van der Waals surface area contributed by atoms with Gasteiger partial charge in [0.2, 0.25) is 0 Å². The summed E-state index contributed by atoms with van der Waals surface area (Å²) in [6.07, 6.45) is 3.44. The quantitative estimate of drug-likeness (QED) is 0.863. The van der Waals surface area contributed by atoms with Gasteiger partial charge in [-0.3, -0.25) is 0 Å². The van der Waals surface area contributed by atoms with Gasteiger partial charge in [0.05, 0.1) is 0 Å². The fraction of sp³-hybridized carbons (Fsp3) is 0.333. The topological polar surface area (TPSA) is 12.0 Å². The summed E-state index contributed by atoms with van der Waals surface area (Å²) in [6, 6.07) is 13.8.